The highest BCUT2D eigenvalue weighted by atomic mass is 16.2. The fourth-order valence-corrected chi connectivity index (χ4v) is 2.70. The van der Waals surface area contributed by atoms with Crippen LogP contribution < -0.4 is 22.3 Å². The summed E-state index contributed by atoms with van der Waals surface area (Å²) in [5, 5.41) is 6.67. The standard InChI is InChI=1S/C18H20N6O3/c1-3-24-17(26)14(15(19)22(2)18(24)27)21-16(25)13-9-20-23(11-13)10-12-7-5-4-6-8-12/h4-9,11H,3,10,19H2,1-2H3,(H,21,25). The molecule has 1 aromatic carbocycles. The molecule has 0 aliphatic carbocycles. The highest BCUT2D eigenvalue weighted by Gasteiger charge is 2.18. The second-order valence-electron chi connectivity index (χ2n) is 6.02. The average molecular weight is 368 g/mol. The second-order valence-corrected chi connectivity index (χ2v) is 6.02. The molecule has 2 heterocycles. The number of carbonyl (C=O) groups is 1. The highest BCUT2D eigenvalue weighted by Crippen LogP contribution is 2.12. The molecule has 3 N–H and O–H groups in total. The van der Waals surface area contributed by atoms with Crippen LogP contribution in [0.2, 0.25) is 0 Å². The number of nitrogens with one attached hydrogen (secondary N) is 1. The van der Waals surface area contributed by atoms with E-state index >= 15 is 0 Å². The van der Waals surface area contributed by atoms with Crippen molar-refractivity contribution in [2.75, 3.05) is 11.1 Å². The predicted molar refractivity (Wildman–Crippen MR) is 102 cm³/mol. The van der Waals surface area contributed by atoms with Gasteiger partial charge >= 0.3 is 5.69 Å². The molecular formula is C18H20N6O3. The van der Waals surface area contributed by atoms with Crippen LogP contribution in [-0.2, 0) is 20.1 Å². The van der Waals surface area contributed by atoms with Crippen molar-refractivity contribution in [3.05, 3.63) is 74.7 Å². The molecule has 0 bridgehead atoms. The van der Waals surface area contributed by atoms with Crippen molar-refractivity contribution >= 4 is 17.4 Å². The fraction of sp³-hybridized carbons (Fsp3) is 0.222. The Morgan fingerprint density at radius 1 is 1.22 bits per heavy atom. The number of rotatable bonds is 5. The maximum Gasteiger partial charge on any atom is 0.332 e. The monoisotopic (exact) mass is 368 g/mol. The van der Waals surface area contributed by atoms with Crippen LogP contribution in [0.1, 0.15) is 22.8 Å². The smallest absolute Gasteiger partial charge is 0.332 e. The molecule has 0 atom stereocenters. The SMILES string of the molecule is CCn1c(=O)c(NC(=O)c2cnn(Cc3ccccc3)c2)c(N)n(C)c1=O. The number of nitrogens with zero attached hydrogens (tertiary/aromatic N) is 4. The predicted octanol–water partition coefficient (Wildman–Crippen LogP) is 0.646. The van der Waals surface area contributed by atoms with Crippen LogP contribution in [0.5, 0.6) is 0 Å². The maximum absolute atomic E-state index is 12.5. The summed E-state index contributed by atoms with van der Waals surface area (Å²) in [6.45, 7) is 2.35. The van der Waals surface area contributed by atoms with Crippen LogP contribution in [0.15, 0.2) is 52.3 Å². The molecule has 0 radical (unpaired) electrons. The Morgan fingerprint density at radius 2 is 1.93 bits per heavy atom. The molecule has 9 heteroatoms. The van der Waals surface area contributed by atoms with Gasteiger partial charge in [-0.25, -0.2) is 4.79 Å². The van der Waals surface area contributed by atoms with Crippen molar-refractivity contribution in [1.82, 2.24) is 18.9 Å². The van der Waals surface area contributed by atoms with Gasteiger partial charge in [0.15, 0.2) is 0 Å². The number of hydrogen-bond donors (Lipinski definition) is 2. The van der Waals surface area contributed by atoms with Crippen molar-refractivity contribution < 1.29 is 4.79 Å². The Morgan fingerprint density at radius 3 is 2.59 bits per heavy atom. The van der Waals surface area contributed by atoms with Crippen LogP contribution >= 0.6 is 0 Å². The quantitative estimate of drug-likeness (QED) is 0.686. The summed E-state index contributed by atoms with van der Waals surface area (Å²) in [6.07, 6.45) is 2.99. The fourth-order valence-electron chi connectivity index (χ4n) is 2.70. The van der Waals surface area contributed by atoms with E-state index in [1.807, 2.05) is 30.3 Å². The van der Waals surface area contributed by atoms with E-state index in [1.165, 1.54) is 13.2 Å². The minimum absolute atomic E-state index is 0.0975. The third-order valence-corrected chi connectivity index (χ3v) is 4.23. The third kappa shape index (κ3) is 3.52. The Kier molecular flexibility index (Phi) is 4.93. The van der Waals surface area contributed by atoms with E-state index in [-0.39, 0.29) is 23.6 Å². The van der Waals surface area contributed by atoms with Crippen LogP contribution in [0.3, 0.4) is 0 Å². The molecule has 0 aliphatic rings. The molecule has 0 saturated carbocycles. The summed E-state index contributed by atoms with van der Waals surface area (Å²) in [6, 6.07) is 9.69. The van der Waals surface area contributed by atoms with E-state index in [0.29, 0.717) is 6.54 Å². The molecular weight excluding hydrogens is 348 g/mol. The van der Waals surface area contributed by atoms with Crippen molar-refractivity contribution in [2.45, 2.75) is 20.0 Å². The lowest BCUT2D eigenvalue weighted by molar-refractivity contribution is 0.102. The molecule has 0 unspecified atom stereocenters. The summed E-state index contributed by atoms with van der Waals surface area (Å²) in [5.41, 5.74) is 5.88. The summed E-state index contributed by atoms with van der Waals surface area (Å²) in [4.78, 5) is 37.0. The topological polar surface area (TPSA) is 117 Å². The van der Waals surface area contributed by atoms with Crippen LogP contribution in [0.25, 0.3) is 0 Å². The van der Waals surface area contributed by atoms with Gasteiger partial charge in [-0.05, 0) is 12.5 Å². The zero-order valence-electron chi connectivity index (χ0n) is 15.0. The van der Waals surface area contributed by atoms with Crippen LogP contribution in [-0.4, -0.2) is 24.8 Å². The molecule has 1 amide bonds. The lowest BCUT2D eigenvalue weighted by atomic mass is 10.2. The van der Waals surface area contributed by atoms with E-state index in [2.05, 4.69) is 10.4 Å². The van der Waals surface area contributed by atoms with E-state index in [9.17, 15) is 14.4 Å². The molecule has 27 heavy (non-hydrogen) atoms. The summed E-state index contributed by atoms with van der Waals surface area (Å²) < 4.78 is 3.75. The number of hydrogen-bond acceptors (Lipinski definition) is 5. The van der Waals surface area contributed by atoms with Gasteiger partial charge in [0.25, 0.3) is 11.5 Å². The molecule has 0 fully saturated rings. The highest BCUT2D eigenvalue weighted by molar-refractivity contribution is 6.05. The molecule has 140 valence electrons. The lowest BCUT2D eigenvalue weighted by Crippen LogP contribution is -2.41. The minimum Gasteiger partial charge on any atom is -0.383 e. The molecule has 9 nitrogen and oxygen atoms in total. The number of nitrogen functional groups attached to an aromatic ring is 1. The van der Waals surface area contributed by atoms with Crippen LogP contribution in [0, 0.1) is 0 Å². The number of anilines is 2. The Balaban J connectivity index is 1.86. The Labute approximate surface area is 154 Å². The van der Waals surface area contributed by atoms with Crippen molar-refractivity contribution in [3.63, 3.8) is 0 Å². The van der Waals surface area contributed by atoms with Crippen molar-refractivity contribution in [3.8, 4) is 0 Å². The van der Waals surface area contributed by atoms with Gasteiger partial charge in [-0.1, -0.05) is 30.3 Å². The van der Waals surface area contributed by atoms with E-state index < -0.39 is 17.2 Å². The minimum atomic E-state index is -0.636. The Hall–Kier alpha value is -3.62. The van der Waals surface area contributed by atoms with Gasteiger partial charge in [0.1, 0.15) is 11.5 Å². The van der Waals surface area contributed by atoms with Crippen molar-refractivity contribution in [1.29, 1.82) is 0 Å². The second kappa shape index (κ2) is 7.32. The maximum atomic E-state index is 12.5. The number of nitrogens with two attached hydrogens (primary N) is 1. The van der Waals surface area contributed by atoms with Gasteiger partial charge in [0.2, 0.25) is 0 Å². The van der Waals surface area contributed by atoms with E-state index in [4.69, 9.17) is 5.73 Å². The number of aromatic nitrogens is 4. The summed E-state index contributed by atoms with van der Waals surface area (Å²) in [5.74, 6) is -0.626. The lowest BCUT2D eigenvalue weighted by Gasteiger charge is -2.13. The first-order valence-corrected chi connectivity index (χ1v) is 8.39. The van der Waals surface area contributed by atoms with Gasteiger partial charge < -0.3 is 11.1 Å². The van der Waals surface area contributed by atoms with Gasteiger partial charge in [-0.2, -0.15) is 5.10 Å². The van der Waals surface area contributed by atoms with Gasteiger partial charge in [-0.15, -0.1) is 0 Å². The van der Waals surface area contributed by atoms with Crippen LogP contribution in [0.4, 0.5) is 11.5 Å². The molecule has 0 spiro atoms. The number of benzene rings is 1. The van der Waals surface area contributed by atoms with Gasteiger partial charge in [0, 0.05) is 19.8 Å². The molecule has 0 aliphatic heterocycles. The first-order valence-electron chi connectivity index (χ1n) is 8.39. The zero-order chi connectivity index (χ0) is 19.6. The molecule has 2 aromatic heterocycles. The zero-order valence-corrected chi connectivity index (χ0v) is 15.0. The third-order valence-electron chi connectivity index (χ3n) is 4.23. The van der Waals surface area contributed by atoms with E-state index in [1.54, 1.807) is 17.8 Å². The molecule has 3 aromatic rings. The first-order chi connectivity index (χ1) is 12.9. The summed E-state index contributed by atoms with van der Waals surface area (Å²) >= 11 is 0. The first kappa shape index (κ1) is 18.2. The van der Waals surface area contributed by atoms with Gasteiger partial charge in [0.05, 0.1) is 18.3 Å². The Bertz CT molecular complexity index is 1090. The normalized spacial score (nSPS) is 10.7. The average Bonchev–Trinajstić information content (AvgIpc) is 3.13. The molecule has 3 rings (SSSR count). The van der Waals surface area contributed by atoms with E-state index in [0.717, 1.165) is 14.7 Å². The molecule has 0 saturated heterocycles. The van der Waals surface area contributed by atoms with Gasteiger partial charge in [-0.3, -0.25) is 23.4 Å². The van der Waals surface area contributed by atoms with Crippen molar-refractivity contribution in [2.24, 2.45) is 7.05 Å². The number of carbonyl (C=O) groups excluding carboxylic acids is 1. The number of amides is 1. The largest absolute Gasteiger partial charge is 0.383 e. The summed E-state index contributed by atoms with van der Waals surface area (Å²) in [7, 11) is 1.44.